The van der Waals surface area contributed by atoms with Crippen LogP contribution in [0.5, 0.6) is 0 Å². The maximum atomic E-state index is 11.5. The third kappa shape index (κ3) is 4.92. The standard InChI is InChI=1S/C53H31N5O/c54-32-41-48(57-44-26-11-7-20-35(44)36-21-8-12-27-45(36)57)31-49-50(51(41)58-46-28-13-9-22-37(46)38-23-10-14-29-47(38)58)39-24-15-25-40(52(39)59-49)53-55-42(33-16-3-1-4-17-33)30-43(56-53)34-18-5-2-6-19-34/h1-31H. The topological polar surface area (TPSA) is 72.6 Å². The van der Waals surface area contributed by atoms with Crippen molar-refractivity contribution in [2.45, 2.75) is 0 Å². The van der Waals surface area contributed by atoms with E-state index in [4.69, 9.17) is 14.4 Å². The molecule has 0 radical (unpaired) electrons. The lowest BCUT2D eigenvalue weighted by Gasteiger charge is -2.17. The van der Waals surface area contributed by atoms with Crippen molar-refractivity contribution in [2.24, 2.45) is 0 Å². The van der Waals surface area contributed by atoms with E-state index in [0.29, 0.717) is 22.6 Å². The van der Waals surface area contributed by atoms with Gasteiger partial charge in [-0.05, 0) is 36.4 Å². The Morgan fingerprint density at radius 3 is 1.42 bits per heavy atom. The van der Waals surface area contributed by atoms with Crippen LogP contribution in [0.25, 0.3) is 111 Å². The summed E-state index contributed by atoms with van der Waals surface area (Å²) in [5.41, 5.74) is 11.7. The molecule has 0 bridgehead atoms. The van der Waals surface area contributed by atoms with E-state index in [1.165, 1.54) is 0 Å². The van der Waals surface area contributed by atoms with E-state index in [1.54, 1.807) is 0 Å². The van der Waals surface area contributed by atoms with Crippen molar-refractivity contribution < 1.29 is 4.42 Å². The highest BCUT2D eigenvalue weighted by Gasteiger charge is 2.27. The van der Waals surface area contributed by atoms with E-state index in [2.05, 4.69) is 143 Å². The third-order valence-corrected chi connectivity index (χ3v) is 11.6. The minimum absolute atomic E-state index is 0.539. The summed E-state index contributed by atoms with van der Waals surface area (Å²) in [7, 11) is 0. The maximum absolute atomic E-state index is 11.5. The Morgan fingerprint density at radius 1 is 0.458 bits per heavy atom. The number of rotatable bonds is 5. The Morgan fingerprint density at radius 2 is 0.915 bits per heavy atom. The number of fused-ring (bicyclic) bond motifs is 9. The SMILES string of the molecule is N#Cc1c(-n2c3ccccc3c3ccccc32)cc2oc3c(-c4nc(-c5ccccc5)cc(-c5ccccc5)n4)cccc3c2c1-n1c2ccccc2c2ccccc21. The summed E-state index contributed by atoms with van der Waals surface area (Å²) < 4.78 is 11.6. The molecular weight excluding hydrogens is 723 g/mol. The number of nitriles is 1. The minimum atomic E-state index is 0.539. The molecule has 0 aliphatic heterocycles. The van der Waals surface area contributed by atoms with E-state index in [9.17, 15) is 5.26 Å². The number of hydrogen-bond acceptors (Lipinski definition) is 4. The van der Waals surface area contributed by atoms with Crippen molar-refractivity contribution in [1.29, 1.82) is 5.26 Å². The Balaban J connectivity index is 1.23. The Bertz CT molecular complexity index is 3520. The fraction of sp³-hybridized carbons (Fsp3) is 0. The van der Waals surface area contributed by atoms with Crippen LogP contribution in [-0.4, -0.2) is 19.1 Å². The normalized spacial score (nSPS) is 11.7. The van der Waals surface area contributed by atoms with E-state index < -0.39 is 0 Å². The second-order valence-electron chi connectivity index (χ2n) is 14.8. The molecule has 59 heavy (non-hydrogen) atoms. The molecule has 4 heterocycles. The van der Waals surface area contributed by atoms with E-state index >= 15 is 0 Å². The van der Waals surface area contributed by atoms with Crippen LogP contribution in [0.1, 0.15) is 5.56 Å². The van der Waals surface area contributed by atoms with Crippen LogP contribution in [0, 0.1) is 11.3 Å². The largest absolute Gasteiger partial charge is 0.455 e. The predicted molar refractivity (Wildman–Crippen MR) is 239 cm³/mol. The molecule has 0 fully saturated rings. The lowest BCUT2D eigenvalue weighted by atomic mass is 10.0. The van der Waals surface area contributed by atoms with Gasteiger partial charge in [0, 0.05) is 44.1 Å². The molecule has 0 atom stereocenters. The third-order valence-electron chi connectivity index (χ3n) is 11.6. The van der Waals surface area contributed by atoms with Gasteiger partial charge in [0.2, 0.25) is 0 Å². The fourth-order valence-corrected chi connectivity index (χ4v) is 9.04. The summed E-state index contributed by atoms with van der Waals surface area (Å²) in [6.45, 7) is 0. The maximum Gasteiger partial charge on any atom is 0.164 e. The molecule has 12 rings (SSSR count). The number of nitrogens with zero attached hydrogens (tertiary/aromatic N) is 5. The number of furan rings is 1. The molecule has 8 aromatic carbocycles. The van der Waals surface area contributed by atoms with Gasteiger partial charge >= 0.3 is 0 Å². The molecule has 6 nitrogen and oxygen atoms in total. The molecule has 274 valence electrons. The molecule has 6 heteroatoms. The van der Waals surface area contributed by atoms with Gasteiger partial charge in [-0.3, -0.25) is 0 Å². The first-order valence-electron chi connectivity index (χ1n) is 19.6. The monoisotopic (exact) mass is 753 g/mol. The first kappa shape index (κ1) is 32.9. The van der Waals surface area contributed by atoms with Gasteiger partial charge in [0.05, 0.1) is 55.8 Å². The summed E-state index contributed by atoms with van der Waals surface area (Å²) in [6.07, 6.45) is 0. The quantitative estimate of drug-likeness (QED) is 0.175. The van der Waals surface area contributed by atoms with E-state index in [-0.39, 0.29) is 0 Å². The number of para-hydroxylation sites is 5. The predicted octanol–water partition coefficient (Wildman–Crippen LogP) is 13.4. The molecule has 0 N–H and O–H groups in total. The van der Waals surface area contributed by atoms with Crippen molar-refractivity contribution in [3.8, 4) is 51.3 Å². The molecule has 0 saturated carbocycles. The van der Waals surface area contributed by atoms with Crippen LogP contribution in [0.4, 0.5) is 0 Å². The van der Waals surface area contributed by atoms with Crippen molar-refractivity contribution in [2.75, 3.05) is 0 Å². The molecule has 0 spiro atoms. The second-order valence-corrected chi connectivity index (χ2v) is 14.8. The Kier molecular flexibility index (Phi) is 7.19. The van der Waals surface area contributed by atoms with Crippen molar-refractivity contribution >= 4 is 65.6 Å². The van der Waals surface area contributed by atoms with Crippen LogP contribution in [0.3, 0.4) is 0 Å². The molecule has 0 aliphatic carbocycles. The number of benzene rings is 8. The van der Waals surface area contributed by atoms with Gasteiger partial charge in [0.15, 0.2) is 5.82 Å². The number of hydrogen-bond donors (Lipinski definition) is 0. The molecule has 0 unspecified atom stereocenters. The van der Waals surface area contributed by atoms with E-state index in [1.807, 2.05) is 60.7 Å². The summed E-state index contributed by atoms with van der Waals surface area (Å²) in [5.74, 6) is 0.552. The van der Waals surface area contributed by atoms with Crippen LogP contribution in [0.2, 0.25) is 0 Å². The Labute approximate surface area is 338 Å². The summed E-state index contributed by atoms with van der Waals surface area (Å²) in [6, 6.07) is 67.0. The van der Waals surface area contributed by atoms with Gasteiger partial charge in [-0.15, -0.1) is 0 Å². The van der Waals surface area contributed by atoms with Crippen LogP contribution < -0.4 is 0 Å². The summed E-state index contributed by atoms with van der Waals surface area (Å²) >= 11 is 0. The second kappa shape index (κ2) is 12.9. The minimum Gasteiger partial charge on any atom is -0.455 e. The average molecular weight is 754 g/mol. The zero-order valence-electron chi connectivity index (χ0n) is 31.5. The molecule has 4 aromatic heterocycles. The fourth-order valence-electron chi connectivity index (χ4n) is 9.04. The van der Waals surface area contributed by atoms with Gasteiger partial charge in [0.1, 0.15) is 22.8 Å². The van der Waals surface area contributed by atoms with Gasteiger partial charge in [0.25, 0.3) is 0 Å². The molecular formula is C53H31N5O. The van der Waals surface area contributed by atoms with Crippen LogP contribution >= 0.6 is 0 Å². The summed E-state index contributed by atoms with van der Waals surface area (Å²) in [4.78, 5) is 10.4. The van der Waals surface area contributed by atoms with E-state index in [0.717, 1.165) is 93.8 Å². The lowest BCUT2D eigenvalue weighted by molar-refractivity contribution is 0.669. The molecule has 0 amide bonds. The van der Waals surface area contributed by atoms with Crippen LogP contribution in [0.15, 0.2) is 192 Å². The zero-order chi connectivity index (χ0) is 39.0. The molecule has 12 aromatic rings. The highest BCUT2D eigenvalue weighted by atomic mass is 16.3. The molecule has 0 aliphatic rings. The van der Waals surface area contributed by atoms with Gasteiger partial charge in [-0.2, -0.15) is 5.26 Å². The first-order chi connectivity index (χ1) is 29.2. The van der Waals surface area contributed by atoms with Crippen molar-refractivity contribution in [3.05, 3.63) is 194 Å². The van der Waals surface area contributed by atoms with Crippen LogP contribution in [-0.2, 0) is 0 Å². The van der Waals surface area contributed by atoms with Crippen molar-refractivity contribution in [3.63, 3.8) is 0 Å². The smallest absolute Gasteiger partial charge is 0.164 e. The Hall–Kier alpha value is -8.27. The highest BCUT2D eigenvalue weighted by molar-refractivity contribution is 6.18. The average Bonchev–Trinajstić information content (AvgIpc) is 3.96. The first-order valence-corrected chi connectivity index (χ1v) is 19.6. The van der Waals surface area contributed by atoms with Gasteiger partial charge in [-0.25, -0.2) is 9.97 Å². The van der Waals surface area contributed by atoms with Gasteiger partial charge < -0.3 is 13.6 Å². The summed E-state index contributed by atoms with van der Waals surface area (Å²) in [5, 5.41) is 17.7. The zero-order valence-corrected chi connectivity index (χ0v) is 31.5. The highest BCUT2D eigenvalue weighted by Crippen LogP contribution is 2.45. The van der Waals surface area contributed by atoms with Gasteiger partial charge in [-0.1, -0.05) is 146 Å². The molecule has 0 saturated heterocycles. The lowest BCUT2D eigenvalue weighted by Crippen LogP contribution is -2.05. The van der Waals surface area contributed by atoms with Crippen molar-refractivity contribution in [1.82, 2.24) is 19.1 Å². The number of aromatic nitrogens is 4.